The first-order valence-corrected chi connectivity index (χ1v) is 16.4. The van der Waals surface area contributed by atoms with E-state index in [2.05, 4.69) is 49.1 Å². The van der Waals surface area contributed by atoms with Crippen LogP contribution in [0.25, 0.3) is 11.1 Å². The Morgan fingerprint density at radius 3 is 2.43 bits per heavy atom. The van der Waals surface area contributed by atoms with Gasteiger partial charge in [-0.2, -0.15) is 0 Å². The summed E-state index contributed by atoms with van der Waals surface area (Å²) in [5.41, 5.74) is 5.57. The topological polar surface area (TPSA) is 70.0 Å². The Kier molecular flexibility index (Phi) is 9.21. The van der Waals surface area contributed by atoms with Crippen LogP contribution in [0.3, 0.4) is 0 Å². The lowest BCUT2D eigenvalue weighted by Gasteiger charge is -2.46. The molecule has 2 bridgehead atoms. The van der Waals surface area contributed by atoms with E-state index in [0.717, 1.165) is 61.0 Å². The summed E-state index contributed by atoms with van der Waals surface area (Å²) in [4.78, 5) is 16.7. The fraction of sp³-hybridized carbons (Fsp3) is 0.462. The molecule has 0 amide bonds. The molecule has 3 aromatic carbocycles. The first-order chi connectivity index (χ1) is 21.3. The van der Waals surface area contributed by atoms with Gasteiger partial charge in [-0.15, -0.1) is 0 Å². The normalized spacial score (nSPS) is 28.2. The molecule has 1 saturated carbocycles. The summed E-state index contributed by atoms with van der Waals surface area (Å²) >= 11 is 0. The van der Waals surface area contributed by atoms with Crippen LogP contribution >= 0.6 is 0 Å². The second-order valence-corrected chi connectivity index (χ2v) is 13.6. The van der Waals surface area contributed by atoms with E-state index in [1.807, 2.05) is 48.5 Å². The molecule has 44 heavy (non-hydrogen) atoms. The summed E-state index contributed by atoms with van der Waals surface area (Å²) in [6, 6.07) is 24.4. The largest absolute Gasteiger partial charge is 0.393 e. The van der Waals surface area contributed by atoms with Crippen molar-refractivity contribution in [2.75, 3.05) is 32.8 Å². The molecule has 0 aromatic heterocycles. The molecule has 4 unspecified atom stereocenters. The van der Waals surface area contributed by atoms with Gasteiger partial charge < -0.3 is 14.9 Å². The number of aliphatic hydroxyl groups is 2. The molecule has 3 aliphatic carbocycles. The number of carbonyl (C=O) groups is 1. The molecule has 4 aliphatic rings. The number of benzene rings is 3. The number of aliphatic hydroxyl groups excluding tert-OH is 1. The standard InChI is InChI=1S/C39H47NO4/c1-28-7-6-19-38(2)36(18-20-39(38,43)27-40-21-23-44-24-22-40)34-17-11-29(25-33(41)16-10-28)26-35(34)37(42)32-14-12-31(13-15-32)30-8-4-3-5-9-30/h3-5,7-9,11-15,17,26,33,36,41,43H,6,10,16,18-25,27H2,1-2H3. The summed E-state index contributed by atoms with van der Waals surface area (Å²) in [5.74, 6) is 0.0384. The Hall–Kier alpha value is -3.09. The molecular formula is C39H47NO4. The van der Waals surface area contributed by atoms with Crippen molar-refractivity contribution in [1.82, 2.24) is 4.90 Å². The Balaban J connectivity index is 1.40. The highest BCUT2D eigenvalue weighted by Gasteiger charge is 2.57. The number of hydrogen-bond donors (Lipinski definition) is 2. The molecule has 1 saturated heterocycles. The molecule has 3 aromatic rings. The maximum atomic E-state index is 14.4. The number of ketones is 1. The molecule has 5 heteroatoms. The van der Waals surface area contributed by atoms with Crippen molar-refractivity contribution in [3.8, 4) is 11.1 Å². The molecule has 4 atom stereocenters. The van der Waals surface area contributed by atoms with Gasteiger partial charge in [0.15, 0.2) is 5.78 Å². The number of rotatable bonds is 5. The van der Waals surface area contributed by atoms with Gasteiger partial charge in [0.05, 0.1) is 24.9 Å². The van der Waals surface area contributed by atoms with Crippen LogP contribution in [-0.4, -0.2) is 65.4 Å². The van der Waals surface area contributed by atoms with E-state index in [4.69, 9.17) is 4.74 Å². The summed E-state index contributed by atoms with van der Waals surface area (Å²) in [7, 11) is 0. The van der Waals surface area contributed by atoms with E-state index in [0.29, 0.717) is 50.1 Å². The van der Waals surface area contributed by atoms with Crippen molar-refractivity contribution in [2.45, 2.75) is 76.4 Å². The second kappa shape index (κ2) is 13.1. The zero-order chi connectivity index (χ0) is 30.7. The number of hydrogen-bond acceptors (Lipinski definition) is 5. The number of β-amino-alcohol motifs (C(OH)–C–C–N with tert-alkyl or cyclic N) is 1. The van der Waals surface area contributed by atoms with E-state index in [1.165, 1.54) is 5.57 Å². The third-order valence-corrected chi connectivity index (χ3v) is 10.8. The Morgan fingerprint density at radius 1 is 0.955 bits per heavy atom. The van der Waals surface area contributed by atoms with Crippen LogP contribution in [-0.2, 0) is 11.2 Å². The number of ether oxygens (including phenoxy) is 1. The summed E-state index contributed by atoms with van der Waals surface area (Å²) in [6.07, 6.45) is 7.12. The fourth-order valence-corrected chi connectivity index (χ4v) is 7.93. The lowest BCUT2D eigenvalue weighted by atomic mass is 9.64. The zero-order valence-electron chi connectivity index (χ0n) is 26.3. The van der Waals surface area contributed by atoms with Crippen molar-refractivity contribution in [3.63, 3.8) is 0 Å². The molecule has 0 spiro atoms. The molecule has 232 valence electrons. The molecule has 1 heterocycles. The van der Waals surface area contributed by atoms with Crippen molar-refractivity contribution >= 4 is 5.78 Å². The Labute approximate surface area is 262 Å². The van der Waals surface area contributed by atoms with E-state index < -0.39 is 17.1 Å². The van der Waals surface area contributed by atoms with Crippen LogP contribution < -0.4 is 0 Å². The van der Waals surface area contributed by atoms with Gasteiger partial charge in [-0.25, -0.2) is 0 Å². The van der Waals surface area contributed by atoms with Gasteiger partial charge >= 0.3 is 0 Å². The smallest absolute Gasteiger partial charge is 0.193 e. The van der Waals surface area contributed by atoms with Crippen LogP contribution in [0.15, 0.2) is 84.4 Å². The SMILES string of the molecule is CC1=CCCC2(C)C(CCC2(O)CN2CCOCC2)c2ccc(cc2C(=O)c2ccc(-c3ccccc3)cc2)CC(O)CC1. The molecule has 0 radical (unpaired) electrons. The third-order valence-electron chi connectivity index (χ3n) is 10.8. The third kappa shape index (κ3) is 6.34. The minimum Gasteiger partial charge on any atom is -0.393 e. The van der Waals surface area contributed by atoms with Gasteiger partial charge in [-0.1, -0.05) is 85.3 Å². The molecule has 2 fully saturated rings. The van der Waals surface area contributed by atoms with Crippen molar-refractivity contribution in [3.05, 3.63) is 107 Å². The summed E-state index contributed by atoms with van der Waals surface area (Å²) < 4.78 is 5.61. The number of morpholine rings is 1. The molecule has 2 N–H and O–H groups in total. The highest BCUT2D eigenvalue weighted by atomic mass is 16.5. The highest BCUT2D eigenvalue weighted by Crippen LogP contribution is 2.58. The van der Waals surface area contributed by atoms with Crippen LogP contribution in [0.5, 0.6) is 0 Å². The lowest BCUT2D eigenvalue weighted by molar-refractivity contribution is -0.0959. The number of carbonyl (C=O) groups excluding carboxylic acids is 1. The van der Waals surface area contributed by atoms with Gasteiger partial charge in [0.2, 0.25) is 0 Å². The van der Waals surface area contributed by atoms with Gasteiger partial charge in [0.1, 0.15) is 0 Å². The number of fused-ring (bicyclic) bond motifs is 8. The van der Waals surface area contributed by atoms with Gasteiger partial charge in [0.25, 0.3) is 0 Å². The second-order valence-electron chi connectivity index (χ2n) is 13.6. The highest BCUT2D eigenvalue weighted by molar-refractivity contribution is 6.10. The number of nitrogens with zero attached hydrogens (tertiary/aromatic N) is 1. The van der Waals surface area contributed by atoms with Crippen LogP contribution in [0.1, 0.15) is 85.3 Å². The minimum absolute atomic E-state index is 0.00440. The van der Waals surface area contributed by atoms with E-state index in [9.17, 15) is 15.0 Å². The van der Waals surface area contributed by atoms with E-state index >= 15 is 0 Å². The Bertz CT molecular complexity index is 1480. The minimum atomic E-state index is -0.875. The molecule has 5 nitrogen and oxygen atoms in total. The van der Waals surface area contributed by atoms with Crippen LogP contribution in [0, 0.1) is 5.41 Å². The number of allylic oxidation sites excluding steroid dienone is 2. The average molecular weight is 594 g/mol. The van der Waals surface area contributed by atoms with Crippen molar-refractivity contribution in [1.29, 1.82) is 0 Å². The fourth-order valence-electron chi connectivity index (χ4n) is 7.93. The molecule has 1 aliphatic heterocycles. The first kappa shape index (κ1) is 30.9. The molecular weight excluding hydrogens is 546 g/mol. The summed E-state index contributed by atoms with van der Waals surface area (Å²) in [5, 5.41) is 23.4. The van der Waals surface area contributed by atoms with Crippen molar-refractivity contribution in [2.24, 2.45) is 5.41 Å². The maximum absolute atomic E-state index is 14.4. The molecule has 7 rings (SSSR count). The Morgan fingerprint density at radius 2 is 1.68 bits per heavy atom. The summed E-state index contributed by atoms with van der Waals surface area (Å²) in [6.45, 7) is 8.12. The first-order valence-electron chi connectivity index (χ1n) is 16.4. The van der Waals surface area contributed by atoms with Crippen LogP contribution in [0.2, 0.25) is 0 Å². The predicted octanol–water partition coefficient (Wildman–Crippen LogP) is 6.96. The predicted molar refractivity (Wildman–Crippen MR) is 176 cm³/mol. The van der Waals surface area contributed by atoms with E-state index in [1.54, 1.807) is 0 Å². The van der Waals surface area contributed by atoms with E-state index in [-0.39, 0.29) is 11.7 Å². The quantitative estimate of drug-likeness (QED) is 0.247. The monoisotopic (exact) mass is 593 g/mol. The van der Waals surface area contributed by atoms with Gasteiger partial charge in [0, 0.05) is 36.2 Å². The van der Waals surface area contributed by atoms with Crippen LogP contribution in [0.4, 0.5) is 0 Å². The maximum Gasteiger partial charge on any atom is 0.193 e. The van der Waals surface area contributed by atoms with Gasteiger partial charge in [-0.3, -0.25) is 9.69 Å². The van der Waals surface area contributed by atoms with Crippen molar-refractivity contribution < 1.29 is 19.7 Å². The lowest BCUT2D eigenvalue weighted by Crippen LogP contribution is -2.54. The van der Waals surface area contributed by atoms with Gasteiger partial charge in [-0.05, 0) is 86.1 Å². The average Bonchev–Trinajstić information content (AvgIpc) is 3.29. The zero-order valence-corrected chi connectivity index (χ0v) is 26.3.